The Bertz CT molecular complexity index is 311. The molecular formula is C14H30ClFO4PtSi2. The van der Waals surface area contributed by atoms with E-state index in [1.807, 2.05) is 0 Å². The molecule has 0 saturated heterocycles. The number of carbonyl (C=O) groups excluding carboxylic acids is 2. The Hall–Kier alpha value is 0.0221. The van der Waals surface area contributed by atoms with Crippen LogP contribution >= 0.6 is 11.1 Å². The van der Waals surface area contributed by atoms with E-state index in [2.05, 4.69) is 29.1 Å². The average molecular weight is 568 g/mol. The number of hydrogen-bond donors (Lipinski definition) is 0. The van der Waals surface area contributed by atoms with Crippen LogP contribution in [-0.2, 0) is 40.1 Å². The van der Waals surface area contributed by atoms with Crippen LogP contribution in [0.2, 0.25) is 32.2 Å². The minimum atomic E-state index is -2.42. The zero-order chi connectivity index (χ0) is 18.2. The van der Waals surface area contributed by atoms with E-state index in [1.165, 1.54) is 19.9 Å². The summed E-state index contributed by atoms with van der Waals surface area (Å²) in [7, 11) is -3.09. The molecule has 0 fully saturated rings. The van der Waals surface area contributed by atoms with Gasteiger partial charge in [-0.15, -0.1) is 0 Å². The van der Waals surface area contributed by atoms with E-state index in [0.717, 1.165) is 0 Å². The maximum absolute atomic E-state index is 12.9. The van der Waals surface area contributed by atoms with Crippen molar-refractivity contribution >= 4 is 39.5 Å². The number of halogens is 2. The van der Waals surface area contributed by atoms with Crippen molar-refractivity contribution in [1.29, 1.82) is 0 Å². The molecule has 0 aromatic rings. The van der Waals surface area contributed by atoms with Crippen LogP contribution in [0.3, 0.4) is 0 Å². The van der Waals surface area contributed by atoms with E-state index in [1.54, 1.807) is 13.1 Å². The van der Waals surface area contributed by atoms with Gasteiger partial charge in [-0.3, -0.25) is 9.59 Å². The van der Waals surface area contributed by atoms with Gasteiger partial charge in [0.15, 0.2) is 0 Å². The predicted molar refractivity (Wildman–Crippen MR) is 96.2 cm³/mol. The first-order valence-electron chi connectivity index (χ1n) is 7.13. The van der Waals surface area contributed by atoms with Gasteiger partial charge in [-0.2, -0.15) is 11.1 Å². The van der Waals surface area contributed by atoms with Crippen LogP contribution < -0.4 is 0 Å². The van der Waals surface area contributed by atoms with Crippen molar-refractivity contribution in [3.8, 4) is 0 Å². The summed E-state index contributed by atoms with van der Waals surface area (Å²) in [6.45, 7) is 14.2. The molecule has 0 aromatic carbocycles. The van der Waals surface area contributed by atoms with Gasteiger partial charge >= 0.3 is 11.9 Å². The van der Waals surface area contributed by atoms with Gasteiger partial charge in [-0.05, 0) is 25.6 Å². The van der Waals surface area contributed by atoms with Crippen molar-refractivity contribution < 1.29 is 44.2 Å². The zero-order valence-corrected chi connectivity index (χ0v) is 20.1. The van der Waals surface area contributed by atoms with E-state index in [0.29, 0.717) is 25.7 Å². The minimum absolute atomic E-state index is 0. The van der Waals surface area contributed by atoms with Crippen LogP contribution in [0.1, 0.15) is 20.3 Å². The summed E-state index contributed by atoms with van der Waals surface area (Å²) < 4.78 is 22.0. The summed E-state index contributed by atoms with van der Waals surface area (Å²) in [6.07, 6.45) is 2.18. The summed E-state index contributed by atoms with van der Waals surface area (Å²) in [6, 6.07) is 0.570. The van der Waals surface area contributed by atoms with Crippen molar-refractivity contribution in [2.75, 3.05) is 13.2 Å². The molecular weight excluding hydrogens is 538 g/mol. The Kier molecular flexibility index (Phi) is 26.9. The average Bonchev–Trinajstić information content (AvgIpc) is 2.31. The topological polar surface area (TPSA) is 52.6 Å². The summed E-state index contributed by atoms with van der Waals surface area (Å²) in [5, 5.41) is 0. The molecule has 0 radical (unpaired) electrons. The maximum atomic E-state index is 12.9. The minimum Gasteiger partial charge on any atom is -0.466 e. The standard InChI is InChI=1S/C7H15FO2Si.C5H8O2.C2H7ClSi.Pt/c1-7(9)10-5-4-6-11(2,3)8;1-3-4-7-5(2)6;1-4(2)3;/h4-6H2,1-3H3;3H,1,4H2,2H3;4H,1-2H3;. The summed E-state index contributed by atoms with van der Waals surface area (Å²) >= 11 is 5.41. The van der Waals surface area contributed by atoms with E-state index >= 15 is 0 Å². The van der Waals surface area contributed by atoms with E-state index in [-0.39, 0.29) is 33.0 Å². The number of ether oxygens (including phenoxy) is 2. The second-order valence-corrected chi connectivity index (χ2v) is 13.9. The fourth-order valence-corrected chi connectivity index (χ4v) is 1.87. The number of carbonyl (C=O) groups is 2. The zero-order valence-electron chi connectivity index (χ0n) is 14.9. The second-order valence-electron chi connectivity index (χ2n) is 5.27. The van der Waals surface area contributed by atoms with Gasteiger partial charge in [-0.25, -0.2) is 0 Å². The first-order chi connectivity index (χ1) is 9.92. The Morgan fingerprint density at radius 1 is 1.22 bits per heavy atom. The molecule has 0 unspecified atom stereocenters. The third kappa shape index (κ3) is 61.1. The third-order valence-electron chi connectivity index (χ3n) is 1.63. The Labute approximate surface area is 161 Å². The first kappa shape index (κ1) is 30.9. The van der Waals surface area contributed by atoms with E-state index < -0.39 is 16.5 Å². The third-order valence-corrected chi connectivity index (χ3v) is 3.17. The molecule has 0 heterocycles. The van der Waals surface area contributed by atoms with E-state index in [4.69, 9.17) is 11.1 Å². The molecule has 142 valence electrons. The second kappa shape index (κ2) is 20.1. The number of rotatable bonds is 6. The van der Waals surface area contributed by atoms with Crippen LogP contribution in [-0.4, -0.2) is 41.7 Å². The Morgan fingerprint density at radius 2 is 1.61 bits per heavy atom. The molecule has 23 heavy (non-hydrogen) atoms. The predicted octanol–water partition coefficient (Wildman–Crippen LogP) is 4.06. The van der Waals surface area contributed by atoms with Crippen LogP contribution in [0.25, 0.3) is 0 Å². The van der Waals surface area contributed by atoms with Crippen molar-refractivity contribution in [3.63, 3.8) is 0 Å². The van der Waals surface area contributed by atoms with Crippen molar-refractivity contribution in [3.05, 3.63) is 12.7 Å². The monoisotopic (exact) mass is 567 g/mol. The van der Waals surface area contributed by atoms with Gasteiger partial charge < -0.3 is 13.6 Å². The molecule has 0 amide bonds. The molecule has 0 bridgehead atoms. The van der Waals surface area contributed by atoms with Crippen LogP contribution in [0, 0.1) is 0 Å². The molecule has 0 aliphatic carbocycles. The molecule has 0 N–H and O–H groups in total. The SMILES string of the molecule is C=CCOC(C)=O.CC(=O)OCCC[Si](C)(C)F.C[SiH](C)Cl.[Pt]. The number of hydrogen-bond acceptors (Lipinski definition) is 4. The summed E-state index contributed by atoms with van der Waals surface area (Å²) in [4.78, 5) is 20.2. The van der Waals surface area contributed by atoms with Gasteiger partial charge in [0.1, 0.15) is 14.7 Å². The van der Waals surface area contributed by atoms with Gasteiger partial charge in [0.25, 0.3) is 0 Å². The fourth-order valence-electron chi connectivity index (χ4n) is 0.885. The van der Waals surface area contributed by atoms with Gasteiger partial charge in [-0.1, -0.05) is 25.7 Å². The van der Waals surface area contributed by atoms with Crippen molar-refractivity contribution in [2.24, 2.45) is 0 Å². The van der Waals surface area contributed by atoms with Gasteiger partial charge in [0, 0.05) is 34.9 Å². The quantitative estimate of drug-likeness (QED) is 0.160. The smallest absolute Gasteiger partial charge is 0.302 e. The fraction of sp³-hybridized carbons (Fsp3) is 0.714. The Morgan fingerprint density at radius 3 is 1.83 bits per heavy atom. The van der Waals surface area contributed by atoms with Crippen LogP contribution in [0.4, 0.5) is 4.11 Å². The molecule has 0 aliphatic heterocycles. The molecule has 0 aromatic heterocycles. The summed E-state index contributed by atoms with van der Waals surface area (Å²) in [5.41, 5.74) is 0. The van der Waals surface area contributed by atoms with Gasteiger partial charge in [0.2, 0.25) is 8.41 Å². The Balaban J connectivity index is -0.000000130. The number of esters is 2. The first-order valence-corrected chi connectivity index (χ1v) is 14.3. The molecule has 0 saturated carbocycles. The molecule has 0 spiro atoms. The molecule has 0 atom stereocenters. The summed E-state index contributed by atoms with van der Waals surface area (Å²) in [5.74, 6) is -0.553. The van der Waals surface area contributed by atoms with Crippen molar-refractivity contribution in [2.45, 2.75) is 52.5 Å². The normalized spacial score (nSPS) is 9.26. The molecule has 4 nitrogen and oxygen atoms in total. The molecule has 0 rings (SSSR count). The van der Waals surface area contributed by atoms with Crippen LogP contribution in [0.15, 0.2) is 12.7 Å². The van der Waals surface area contributed by atoms with Gasteiger partial charge in [0.05, 0.1) is 6.61 Å². The van der Waals surface area contributed by atoms with Crippen LogP contribution in [0.5, 0.6) is 0 Å². The molecule has 0 aliphatic rings. The van der Waals surface area contributed by atoms with E-state index in [9.17, 15) is 13.7 Å². The largest absolute Gasteiger partial charge is 0.466 e. The molecule has 9 heteroatoms. The van der Waals surface area contributed by atoms with Crippen molar-refractivity contribution in [1.82, 2.24) is 0 Å². The maximum Gasteiger partial charge on any atom is 0.302 e.